The van der Waals surface area contributed by atoms with Crippen LogP contribution in [0, 0.1) is 11.8 Å². The number of thiocarbonyl (C=S) groups is 1. The van der Waals surface area contributed by atoms with Gasteiger partial charge in [-0.15, -0.1) is 0 Å². The molecule has 0 aromatic heterocycles. The van der Waals surface area contributed by atoms with Crippen molar-refractivity contribution >= 4 is 23.1 Å². The summed E-state index contributed by atoms with van der Waals surface area (Å²) in [6.07, 6.45) is 1.01. The summed E-state index contributed by atoms with van der Waals surface area (Å²) in [4.78, 5) is 14.7. The second kappa shape index (κ2) is 9.26. The molecule has 3 N–H and O–H groups in total. The number of likely N-dealkylation sites (N-methyl/N-ethyl adjacent to an activating group) is 1. The quantitative estimate of drug-likeness (QED) is 0.635. The van der Waals surface area contributed by atoms with Crippen LogP contribution in [0.5, 0.6) is 0 Å². The molecule has 2 atom stereocenters. The van der Waals surface area contributed by atoms with Crippen LogP contribution in [0.2, 0.25) is 0 Å². The summed E-state index contributed by atoms with van der Waals surface area (Å²) in [5.41, 5.74) is 5.63. The monoisotopic (exact) mass is 287 g/mol. The van der Waals surface area contributed by atoms with Gasteiger partial charge in [-0.2, -0.15) is 0 Å². The Hall–Kier alpha value is -0.680. The molecule has 0 aliphatic carbocycles. The number of hydrogen-bond acceptors (Lipinski definition) is 3. The summed E-state index contributed by atoms with van der Waals surface area (Å²) in [5.74, 6) is 0.811. The second-order valence-corrected chi connectivity index (χ2v) is 6.01. The Morgan fingerprint density at radius 3 is 2.32 bits per heavy atom. The highest BCUT2D eigenvalue weighted by atomic mass is 32.1. The fourth-order valence-corrected chi connectivity index (χ4v) is 1.87. The zero-order valence-electron chi connectivity index (χ0n) is 12.9. The first-order chi connectivity index (χ1) is 8.79. The standard InChI is InChI=1S/C14H29N3OS/c1-6-17(9-11(4)13(15)19)12(5)14(18)16-8-7-10(2)3/h10-12H,6-9H2,1-5H3,(H2,15,19)(H,16,18). The van der Waals surface area contributed by atoms with Crippen LogP contribution >= 0.6 is 12.2 Å². The zero-order valence-corrected chi connectivity index (χ0v) is 13.7. The van der Waals surface area contributed by atoms with Gasteiger partial charge in [-0.3, -0.25) is 9.69 Å². The molecule has 5 heteroatoms. The zero-order chi connectivity index (χ0) is 15.0. The molecule has 0 rings (SSSR count). The normalized spacial score (nSPS) is 14.5. The maximum absolute atomic E-state index is 12.1. The first-order valence-corrected chi connectivity index (χ1v) is 7.51. The minimum absolute atomic E-state index is 0.0811. The third-order valence-electron chi connectivity index (χ3n) is 3.35. The van der Waals surface area contributed by atoms with Gasteiger partial charge in [-0.05, 0) is 25.8 Å². The molecular weight excluding hydrogens is 258 g/mol. The number of amides is 1. The Balaban J connectivity index is 4.28. The smallest absolute Gasteiger partial charge is 0.237 e. The first-order valence-electron chi connectivity index (χ1n) is 7.10. The molecule has 0 bridgehead atoms. The van der Waals surface area contributed by atoms with Crippen LogP contribution in [0.15, 0.2) is 0 Å². The second-order valence-electron chi connectivity index (χ2n) is 5.54. The molecule has 0 spiro atoms. The number of carbonyl (C=O) groups is 1. The van der Waals surface area contributed by atoms with E-state index in [4.69, 9.17) is 18.0 Å². The molecule has 0 aliphatic heterocycles. The molecule has 0 saturated heterocycles. The molecule has 4 nitrogen and oxygen atoms in total. The third-order valence-corrected chi connectivity index (χ3v) is 3.75. The van der Waals surface area contributed by atoms with Crippen molar-refractivity contribution in [3.05, 3.63) is 0 Å². The highest BCUT2D eigenvalue weighted by molar-refractivity contribution is 7.80. The van der Waals surface area contributed by atoms with Gasteiger partial charge in [-0.1, -0.05) is 39.9 Å². The Kier molecular flexibility index (Phi) is 8.93. The van der Waals surface area contributed by atoms with Crippen LogP contribution in [0.1, 0.15) is 41.0 Å². The predicted molar refractivity (Wildman–Crippen MR) is 85.1 cm³/mol. The van der Waals surface area contributed by atoms with Crippen molar-refractivity contribution in [3.8, 4) is 0 Å². The molecule has 0 aromatic carbocycles. The molecule has 0 radical (unpaired) electrons. The van der Waals surface area contributed by atoms with Crippen LogP contribution in [0.25, 0.3) is 0 Å². The van der Waals surface area contributed by atoms with Gasteiger partial charge in [0.25, 0.3) is 0 Å². The average Bonchev–Trinajstić information content (AvgIpc) is 2.33. The predicted octanol–water partition coefficient (Wildman–Crippen LogP) is 1.78. The lowest BCUT2D eigenvalue weighted by Crippen LogP contribution is -2.48. The number of nitrogens with two attached hydrogens (primary N) is 1. The first kappa shape index (κ1) is 18.3. The number of nitrogens with zero attached hydrogens (tertiary/aromatic N) is 1. The maximum Gasteiger partial charge on any atom is 0.237 e. The van der Waals surface area contributed by atoms with Crippen molar-refractivity contribution in [2.45, 2.75) is 47.1 Å². The molecule has 0 saturated carbocycles. The number of hydrogen-bond donors (Lipinski definition) is 2. The van der Waals surface area contributed by atoms with E-state index in [0.29, 0.717) is 10.9 Å². The van der Waals surface area contributed by atoms with Crippen molar-refractivity contribution < 1.29 is 4.79 Å². The van der Waals surface area contributed by atoms with E-state index in [2.05, 4.69) is 24.1 Å². The number of rotatable bonds is 9. The summed E-state index contributed by atoms with van der Waals surface area (Å²) in [5, 5.41) is 2.99. The van der Waals surface area contributed by atoms with Gasteiger partial charge in [0.2, 0.25) is 5.91 Å². The number of nitrogens with one attached hydrogen (secondary N) is 1. The lowest BCUT2D eigenvalue weighted by atomic mass is 10.1. The van der Waals surface area contributed by atoms with Gasteiger partial charge in [0, 0.05) is 19.0 Å². The minimum Gasteiger partial charge on any atom is -0.393 e. The van der Waals surface area contributed by atoms with E-state index in [1.165, 1.54) is 0 Å². The molecule has 19 heavy (non-hydrogen) atoms. The van der Waals surface area contributed by atoms with Crippen LogP contribution in [0.3, 0.4) is 0 Å². The largest absolute Gasteiger partial charge is 0.393 e. The Morgan fingerprint density at radius 1 is 1.32 bits per heavy atom. The molecule has 0 aliphatic rings. The Morgan fingerprint density at radius 2 is 1.89 bits per heavy atom. The van der Waals surface area contributed by atoms with E-state index in [0.717, 1.165) is 26.1 Å². The van der Waals surface area contributed by atoms with Crippen molar-refractivity contribution in [2.75, 3.05) is 19.6 Å². The Bertz CT molecular complexity index is 294. The maximum atomic E-state index is 12.1. The highest BCUT2D eigenvalue weighted by Crippen LogP contribution is 2.06. The fourth-order valence-electron chi connectivity index (χ4n) is 1.80. The van der Waals surface area contributed by atoms with Gasteiger partial charge in [0.15, 0.2) is 0 Å². The van der Waals surface area contributed by atoms with Gasteiger partial charge in [0.1, 0.15) is 0 Å². The molecule has 0 heterocycles. The average molecular weight is 287 g/mol. The summed E-state index contributed by atoms with van der Waals surface area (Å²) in [6, 6.07) is -0.144. The molecule has 0 fully saturated rings. The molecule has 1 amide bonds. The fraction of sp³-hybridized carbons (Fsp3) is 0.857. The van der Waals surface area contributed by atoms with E-state index in [1.807, 2.05) is 20.8 Å². The highest BCUT2D eigenvalue weighted by Gasteiger charge is 2.22. The molecule has 2 unspecified atom stereocenters. The van der Waals surface area contributed by atoms with Crippen molar-refractivity contribution in [3.63, 3.8) is 0 Å². The van der Waals surface area contributed by atoms with Gasteiger partial charge in [0.05, 0.1) is 11.0 Å². The lowest BCUT2D eigenvalue weighted by Gasteiger charge is -2.29. The summed E-state index contributed by atoms with van der Waals surface area (Å²) in [7, 11) is 0. The van der Waals surface area contributed by atoms with E-state index in [1.54, 1.807) is 0 Å². The molecule has 112 valence electrons. The topological polar surface area (TPSA) is 58.4 Å². The Labute approximate surface area is 123 Å². The lowest BCUT2D eigenvalue weighted by molar-refractivity contribution is -0.125. The van der Waals surface area contributed by atoms with E-state index in [-0.39, 0.29) is 17.9 Å². The third kappa shape index (κ3) is 7.47. The van der Waals surface area contributed by atoms with Crippen LogP contribution in [0.4, 0.5) is 0 Å². The molecular formula is C14H29N3OS. The van der Waals surface area contributed by atoms with Gasteiger partial charge in [-0.25, -0.2) is 0 Å². The van der Waals surface area contributed by atoms with Crippen LogP contribution in [-0.2, 0) is 4.79 Å². The summed E-state index contributed by atoms with van der Waals surface area (Å²) >= 11 is 4.99. The van der Waals surface area contributed by atoms with Gasteiger partial charge < -0.3 is 11.1 Å². The van der Waals surface area contributed by atoms with Crippen molar-refractivity contribution in [1.29, 1.82) is 0 Å². The van der Waals surface area contributed by atoms with Crippen molar-refractivity contribution in [2.24, 2.45) is 17.6 Å². The van der Waals surface area contributed by atoms with E-state index in [9.17, 15) is 4.79 Å². The number of carbonyl (C=O) groups excluding carboxylic acids is 1. The molecule has 0 aromatic rings. The summed E-state index contributed by atoms with van der Waals surface area (Å²) < 4.78 is 0. The van der Waals surface area contributed by atoms with Gasteiger partial charge >= 0.3 is 0 Å². The van der Waals surface area contributed by atoms with E-state index >= 15 is 0 Å². The van der Waals surface area contributed by atoms with Crippen LogP contribution < -0.4 is 11.1 Å². The SMILES string of the molecule is CCN(CC(C)C(N)=S)C(C)C(=O)NCCC(C)C. The van der Waals surface area contributed by atoms with E-state index < -0.39 is 0 Å². The minimum atomic E-state index is -0.144. The van der Waals surface area contributed by atoms with Crippen LogP contribution in [-0.4, -0.2) is 41.5 Å². The summed E-state index contributed by atoms with van der Waals surface area (Å²) in [6.45, 7) is 12.5. The van der Waals surface area contributed by atoms with Crippen molar-refractivity contribution in [1.82, 2.24) is 10.2 Å².